The van der Waals surface area contributed by atoms with Crippen molar-refractivity contribution >= 4 is 5.78 Å². The first kappa shape index (κ1) is 8.96. The molecule has 2 aliphatic rings. The Morgan fingerprint density at radius 2 is 1.87 bits per heavy atom. The normalized spacial score (nSPS) is 22.5. The zero-order valence-electron chi connectivity index (χ0n) is 8.66. The molecule has 1 aliphatic heterocycles. The maximum absolute atomic E-state index is 11.3. The van der Waals surface area contributed by atoms with Crippen LogP contribution in [0.5, 0.6) is 5.75 Å². The van der Waals surface area contributed by atoms with E-state index in [1.165, 1.54) is 5.56 Å². The van der Waals surface area contributed by atoms with Gasteiger partial charge in [-0.15, -0.1) is 0 Å². The molecule has 0 amide bonds. The number of hydrogen-bond acceptors (Lipinski definition) is 2. The third kappa shape index (κ3) is 1.28. The smallest absolute Gasteiger partial charge is 0.132 e. The number of ketones is 1. The maximum atomic E-state index is 11.3. The zero-order valence-corrected chi connectivity index (χ0v) is 8.66. The minimum absolute atomic E-state index is 0.143. The Labute approximate surface area is 89.2 Å². The molecule has 0 saturated heterocycles. The number of fused-ring (bicyclic) bond motifs is 2. The lowest BCUT2D eigenvalue weighted by molar-refractivity contribution is -0.121. The van der Waals surface area contributed by atoms with Crippen LogP contribution in [0.15, 0.2) is 24.3 Å². The summed E-state index contributed by atoms with van der Waals surface area (Å²) in [5.41, 5.74) is 1.46. The van der Waals surface area contributed by atoms with Crippen molar-refractivity contribution in [1.82, 2.24) is 0 Å². The van der Waals surface area contributed by atoms with Gasteiger partial charge in [-0.25, -0.2) is 0 Å². The van der Waals surface area contributed by atoms with Gasteiger partial charge < -0.3 is 4.74 Å². The molecule has 1 aliphatic carbocycles. The summed E-state index contributed by atoms with van der Waals surface area (Å²) in [6.45, 7) is 0.764. The van der Waals surface area contributed by atoms with E-state index in [9.17, 15) is 4.79 Å². The van der Waals surface area contributed by atoms with Gasteiger partial charge in [-0.2, -0.15) is 0 Å². The largest absolute Gasteiger partial charge is 0.492 e. The molecular weight excluding hydrogens is 188 g/mol. The Morgan fingerprint density at radius 3 is 2.67 bits per heavy atom. The Kier molecular flexibility index (Phi) is 1.84. The molecule has 1 aromatic rings. The van der Waals surface area contributed by atoms with Gasteiger partial charge >= 0.3 is 0 Å². The lowest BCUT2D eigenvalue weighted by atomic mass is 9.70. The van der Waals surface area contributed by atoms with Crippen molar-refractivity contribution in [3.05, 3.63) is 29.8 Å². The van der Waals surface area contributed by atoms with Crippen LogP contribution in [0.2, 0.25) is 0 Å². The molecule has 0 radical (unpaired) electrons. The third-order valence-corrected chi connectivity index (χ3v) is 3.73. The molecule has 78 valence electrons. The summed E-state index contributed by atoms with van der Waals surface area (Å²) >= 11 is 0. The fraction of sp³-hybridized carbons (Fsp3) is 0.462. The predicted molar refractivity (Wildman–Crippen MR) is 57.1 cm³/mol. The standard InChI is InChI=1S/C13H14O2/c14-10-5-7-13(8-6-10)9-15-12-4-2-1-3-11(12)13/h1-4H,5-9H2. The number of para-hydroxylation sites is 1. The van der Waals surface area contributed by atoms with Gasteiger partial charge in [-0.1, -0.05) is 18.2 Å². The summed E-state index contributed by atoms with van der Waals surface area (Å²) in [7, 11) is 0. The number of carbonyl (C=O) groups excluding carboxylic acids is 1. The van der Waals surface area contributed by atoms with Crippen LogP contribution in [-0.2, 0) is 10.2 Å². The van der Waals surface area contributed by atoms with Crippen molar-refractivity contribution in [3.8, 4) is 5.75 Å². The summed E-state index contributed by atoms with van der Waals surface area (Å²) < 4.78 is 5.72. The third-order valence-electron chi connectivity index (χ3n) is 3.73. The summed E-state index contributed by atoms with van der Waals surface area (Å²) in [5.74, 6) is 1.43. The molecular formula is C13H14O2. The Bertz CT molecular complexity index is 399. The maximum Gasteiger partial charge on any atom is 0.132 e. The van der Waals surface area contributed by atoms with Crippen LogP contribution < -0.4 is 4.74 Å². The molecule has 15 heavy (non-hydrogen) atoms. The van der Waals surface area contributed by atoms with Gasteiger partial charge in [0.15, 0.2) is 0 Å². The van der Waals surface area contributed by atoms with Crippen LogP contribution in [-0.4, -0.2) is 12.4 Å². The molecule has 0 aromatic heterocycles. The lowest BCUT2D eigenvalue weighted by Gasteiger charge is -2.31. The summed E-state index contributed by atoms with van der Waals surface area (Å²) in [5, 5.41) is 0. The fourth-order valence-electron chi connectivity index (χ4n) is 2.75. The van der Waals surface area contributed by atoms with Gasteiger partial charge in [0.05, 0.1) is 6.61 Å². The topological polar surface area (TPSA) is 26.3 Å². The minimum atomic E-state index is 0.143. The van der Waals surface area contributed by atoms with Gasteiger partial charge in [0.1, 0.15) is 11.5 Å². The van der Waals surface area contributed by atoms with E-state index in [2.05, 4.69) is 12.1 Å². The molecule has 1 aromatic carbocycles. The SMILES string of the molecule is O=C1CCC2(CC1)COc1ccccc12. The van der Waals surface area contributed by atoms with Crippen LogP contribution in [0, 0.1) is 0 Å². The van der Waals surface area contributed by atoms with Crippen molar-refractivity contribution in [2.24, 2.45) is 0 Å². The molecule has 0 unspecified atom stereocenters. The molecule has 1 saturated carbocycles. The molecule has 2 heteroatoms. The highest BCUT2D eigenvalue weighted by Gasteiger charge is 2.42. The monoisotopic (exact) mass is 202 g/mol. The number of hydrogen-bond donors (Lipinski definition) is 0. The van der Waals surface area contributed by atoms with E-state index in [1.54, 1.807) is 0 Å². The van der Waals surface area contributed by atoms with E-state index in [4.69, 9.17) is 4.74 Å². The van der Waals surface area contributed by atoms with Crippen molar-refractivity contribution in [2.45, 2.75) is 31.1 Å². The van der Waals surface area contributed by atoms with E-state index in [-0.39, 0.29) is 5.41 Å². The molecule has 3 rings (SSSR count). The number of ether oxygens (including phenoxy) is 1. The first-order valence-electron chi connectivity index (χ1n) is 5.54. The zero-order chi connectivity index (χ0) is 10.3. The van der Waals surface area contributed by atoms with Crippen LogP contribution >= 0.6 is 0 Å². The molecule has 0 atom stereocenters. The van der Waals surface area contributed by atoms with Gasteiger partial charge in [0.2, 0.25) is 0 Å². The van der Waals surface area contributed by atoms with Crippen LogP contribution in [0.1, 0.15) is 31.2 Å². The fourth-order valence-corrected chi connectivity index (χ4v) is 2.75. The average molecular weight is 202 g/mol. The highest BCUT2D eigenvalue weighted by Crippen LogP contribution is 2.46. The first-order chi connectivity index (χ1) is 7.30. The molecule has 1 fully saturated rings. The van der Waals surface area contributed by atoms with E-state index in [0.29, 0.717) is 5.78 Å². The number of Topliss-reactive ketones (excluding diaryl/α,β-unsaturated/α-hetero) is 1. The summed E-state index contributed by atoms with van der Waals surface area (Å²) in [4.78, 5) is 11.3. The van der Waals surface area contributed by atoms with Crippen LogP contribution in [0.25, 0.3) is 0 Å². The second-order valence-electron chi connectivity index (χ2n) is 4.60. The molecule has 0 bridgehead atoms. The quantitative estimate of drug-likeness (QED) is 0.646. The van der Waals surface area contributed by atoms with Crippen molar-refractivity contribution in [3.63, 3.8) is 0 Å². The number of rotatable bonds is 0. The lowest BCUT2D eigenvalue weighted by Crippen LogP contribution is -2.33. The highest BCUT2D eigenvalue weighted by molar-refractivity contribution is 5.79. The number of carbonyl (C=O) groups is 1. The molecule has 2 nitrogen and oxygen atoms in total. The van der Waals surface area contributed by atoms with Gasteiger partial charge in [-0.05, 0) is 18.9 Å². The molecule has 0 N–H and O–H groups in total. The predicted octanol–water partition coefficient (Wildman–Crippen LogP) is 2.46. The first-order valence-corrected chi connectivity index (χ1v) is 5.54. The second-order valence-corrected chi connectivity index (χ2v) is 4.60. The second kappa shape index (κ2) is 3.09. The van der Waals surface area contributed by atoms with Crippen molar-refractivity contribution < 1.29 is 9.53 Å². The van der Waals surface area contributed by atoms with Gasteiger partial charge in [-0.3, -0.25) is 4.79 Å². The summed E-state index contributed by atoms with van der Waals surface area (Å²) in [6, 6.07) is 8.25. The van der Waals surface area contributed by atoms with E-state index >= 15 is 0 Å². The van der Waals surface area contributed by atoms with Crippen molar-refractivity contribution in [2.75, 3.05) is 6.61 Å². The minimum Gasteiger partial charge on any atom is -0.492 e. The number of benzene rings is 1. The summed E-state index contributed by atoms with van der Waals surface area (Å²) in [6.07, 6.45) is 3.36. The Morgan fingerprint density at radius 1 is 1.13 bits per heavy atom. The van der Waals surface area contributed by atoms with Crippen LogP contribution in [0.4, 0.5) is 0 Å². The molecule has 1 spiro atoms. The Hall–Kier alpha value is -1.31. The van der Waals surface area contributed by atoms with Gasteiger partial charge in [0, 0.05) is 23.8 Å². The van der Waals surface area contributed by atoms with Crippen LogP contribution in [0.3, 0.4) is 0 Å². The Balaban J connectivity index is 1.98. The average Bonchev–Trinajstić information content (AvgIpc) is 2.63. The highest BCUT2D eigenvalue weighted by atomic mass is 16.5. The van der Waals surface area contributed by atoms with E-state index in [1.807, 2.05) is 12.1 Å². The molecule has 1 heterocycles. The van der Waals surface area contributed by atoms with Crippen molar-refractivity contribution in [1.29, 1.82) is 0 Å². The van der Waals surface area contributed by atoms with Gasteiger partial charge in [0.25, 0.3) is 0 Å². The van der Waals surface area contributed by atoms with E-state index < -0.39 is 0 Å². The van der Waals surface area contributed by atoms with E-state index in [0.717, 1.165) is 38.0 Å².